The number of carboxylic acids is 1. The van der Waals surface area contributed by atoms with Gasteiger partial charge in [0.15, 0.2) is 9.84 Å². The van der Waals surface area contributed by atoms with Crippen LogP contribution in [0, 0.1) is 11.3 Å². The van der Waals surface area contributed by atoms with Crippen molar-refractivity contribution in [3.63, 3.8) is 0 Å². The van der Waals surface area contributed by atoms with Crippen LogP contribution in [0.25, 0.3) is 0 Å². The van der Waals surface area contributed by atoms with Gasteiger partial charge in [0, 0.05) is 6.26 Å². The minimum absolute atomic E-state index is 0.337. The number of carboxylic acid groups (broad SMARTS) is 1. The van der Waals surface area contributed by atoms with E-state index in [0.717, 1.165) is 18.4 Å². The molecule has 19 heavy (non-hydrogen) atoms. The first-order chi connectivity index (χ1) is 8.70. The first kappa shape index (κ1) is 15.6. The first-order valence-electron chi connectivity index (χ1n) is 4.71. The van der Waals surface area contributed by atoms with E-state index in [1.807, 2.05) is 0 Å². The van der Waals surface area contributed by atoms with Crippen LogP contribution in [0.2, 0.25) is 5.02 Å². The molecule has 0 radical (unpaired) electrons. The molecule has 6 nitrogen and oxygen atoms in total. The summed E-state index contributed by atoms with van der Waals surface area (Å²) in [5, 5.41) is 17.0. The fourth-order valence-electron chi connectivity index (χ4n) is 1.34. The fourth-order valence-corrected chi connectivity index (χ4v) is 4.25. The zero-order valence-corrected chi connectivity index (χ0v) is 12.0. The summed E-state index contributed by atoms with van der Waals surface area (Å²) in [5.74, 6) is -1.86. The Labute approximate surface area is 117 Å². The zero-order valence-electron chi connectivity index (χ0n) is 9.58. The van der Waals surface area contributed by atoms with Gasteiger partial charge < -0.3 is 5.11 Å². The number of halogens is 1. The van der Waals surface area contributed by atoms with Crippen LogP contribution in [-0.2, 0) is 20.6 Å². The number of carbonyl (C=O) groups is 1. The average molecular weight is 322 g/mol. The molecule has 0 aliphatic rings. The van der Waals surface area contributed by atoms with Crippen molar-refractivity contribution < 1.29 is 22.5 Å². The maximum Gasteiger partial charge on any atom is 0.337 e. The smallest absolute Gasteiger partial charge is 0.337 e. The maximum atomic E-state index is 11.9. The molecule has 0 fully saturated rings. The molecule has 102 valence electrons. The third-order valence-corrected chi connectivity index (χ3v) is 5.16. The maximum absolute atomic E-state index is 11.9. The molecular weight excluding hydrogens is 314 g/mol. The van der Waals surface area contributed by atoms with Crippen molar-refractivity contribution in [2.24, 2.45) is 0 Å². The Hall–Kier alpha value is -1.43. The minimum Gasteiger partial charge on any atom is -0.478 e. The lowest BCUT2D eigenvalue weighted by Crippen LogP contribution is -2.10. The highest BCUT2D eigenvalue weighted by Gasteiger charge is 2.25. The predicted octanol–water partition coefficient (Wildman–Crippen LogP) is 1.07. The highest BCUT2D eigenvalue weighted by molar-refractivity contribution is 7.92. The van der Waals surface area contributed by atoms with Gasteiger partial charge in [0.25, 0.3) is 0 Å². The van der Waals surface area contributed by atoms with E-state index in [4.69, 9.17) is 22.0 Å². The molecule has 0 saturated heterocycles. The highest BCUT2D eigenvalue weighted by Crippen LogP contribution is 2.31. The van der Waals surface area contributed by atoms with Crippen LogP contribution in [0.5, 0.6) is 0 Å². The van der Waals surface area contributed by atoms with Crippen molar-refractivity contribution in [2.75, 3.05) is 12.0 Å². The Kier molecular flexibility index (Phi) is 4.68. The Morgan fingerprint density at radius 2 is 2.11 bits per heavy atom. The highest BCUT2D eigenvalue weighted by atomic mass is 35.5. The van der Waals surface area contributed by atoms with Crippen LogP contribution in [0.3, 0.4) is 0 Å². The Balaban J connectivity index is 3.71. The van der Waals surface area contributed by atoms with Crippen molar-refractivity contribution in [2.45, 2.75) is 9.79 Å². The molecule has 0 aliphatic heterocycles. The second kappa shape index (κ2) is 5.69. The molecule has 0 amide bonds. The number of rotatable bonds is 4. The van der Waals surface area contributed by atoms with Crippen molar-refractivity contribution in [1.29, 1.82) is 5.26 Å². The molecule has 1 rings (SSSR count). The lowest BCUT2D eigenvalue weighted by atomic mass is 10.2. The number of aromatic carboxylic acids is 1. The molecule has 0 saturated carbocycles. The Morgan fingerprint density at radius 3 is 2.53 bits per heavy atom. The number of hydrogen-bond acceptors (Lipinski definition) is 5. The van der Waals surface area contributed by atoms with Crippen LogP contribution >= 0.6 is 11.6 Å². The van der Waals surface area contributed by atoms with Gasteiger partial charge in [-0.25, -0.2) is 13.2 Å². The molecule has 0 spiro atoms. The van der Waals surface area contributed by atoms with Crippen LogP contribution in [-0.4, -0.2) is 35.7 Å². The van der Waals surface area contributed by atoms with Gasteiger partial charge in [-0.2, -0.15) is 5.26 Å². The minimum atomic E-state index is -3.74. The van der Waals surface area contributed by atoms with E-state index >= 15 is 0 Å². The van der Waals surface area contributed by atoms with E-state index < -0.39 is 37.4 Å². The lowest BCUT2D eigenvalue weighted by Gasteiger charge is -2.10. The van der Waals surface area contributed by atoms with Gasteiger partial charge in [0.1, 0.15) is 5.75 Å². The third-order valence-electron chi connectivity index (χ3n) is 2.11. The monoisotopic (exact) mass is 321 g/mol. The first-order valence-corrected chi connectivity index (χ1v) is 8.30. The zero-order chi connectivity index (χ0) is 14.8. The van der Waals surface area contributed by atoms with E-state index in [1.165, 1.54) is 0 Å². The second-order valence-corrected chi connectivity index (χ2v) is 7.23. The summed E-state index contributed by atoms with van der Waals surface area (Å²) in [6.45, 7) is 0. The van der Waals surface area contributed by atoms with E-state index in [-0.39, 0.29) is 15.4 Å². The molecule has 1 aromatic carbocycles. The lowest BCUT2D eigenvalue weighted by molar-refractivity contribution is 0.0696. The number of nitrogens with zero attached hydrogens (tertiary/aromatic N) is 1. The van der Waals surface area contributed by atoms with Crippen molar-refractivity contribution >= 4 is 38.2 Å². The average Bonchev–Trinajstić information content (AvgIpc) is 2.26. The summed E-state index contributed by atoms with van der Waals surface area (Å²) < 4.78 is 35.0. The fraction of sp³-hybridized carbons (Fsp3) is 0.200. The normalized spacial score (nSPS) is 12.7. The van der Waals surface area contributed by atoms with Crippen LogP contribution in [0.1, 0.15) is 10.4 Å². The van der Waals surface area contributed by atoms with E-state index in [1.54, 1.807) is 6.07 Å². The largest absolute Gasteiger partial charge is 0.478 e. The molecule has 0 aromatic heterocycles. The molecule has 1 aromatic rings. The molecule has 0 aliphatic carbocycles. The van der Waals surface area contributed by atoms with E-state index in [2.05, 4.69) is 0 Å². The van der Waals surface area contributed by atoms with Gasteiger partial charge in [-0.15, -0.1) is 0 Å². The Morgan fingerprint density at radius 1 is 1.53 bits per heavy atom. The van der Waals surface area contributed by atoms with Gasteiger partial charge in [-0.1, -0.05) is 11.6 Å². The van der Waals surface area contributed by atoms with Gasteiger partial charge >= 0.3 is 5.97 Å². The summed E-state index contributed by atoms with van der Waals surface area (Å²) in [7, 11) is -5.76. The van der Waals surface area contributed by atoms with Gasteiger partial charge in [-0.3, -0.25) is 4.21 Å². The number of hydrogen-bond donors (Lipinski definition) is 1. The topological polar surface area (TPSA) is 112 Å². The molecule has 9 heteroatoms. The molecule has 1 unspecified atom stereocenters. The van der Waals surface area contributed by atoms with Crippen molar-refractivity contribution in [3.05, 3.63) is 22.7 Å². The second-order valence-electron chi connectivity index (χ2n) is 3.48. The Bertz CT molecular complexity index is 705. The van der Waals surface area contributed by atoms with Gasteiger partial charge in [-0.05, 0) is 12.1 Å². The van der Waals surface area contributed by atoms with Crippen LogP contribution < -0.4 is 0 Å². The van der Waals surface area contributed by atoms with Gasteiger partial charge in [0.05, 0.1) is 37.2 Å². The summed E-state index contributed by atoms with van der Waals surface area (Å²) in [5.41, 5.74) is -0.365. The van der Waals surface area contributed by atoms with Crippen LogP contribution in [0.15, 0.2) is 21.9 Å². The molecule has 1 N–H and O–H groups in total. The summed E-state index contributed by atoms with van der Waals surface area (Å²) in [4.78, 5) is 10.2. The quantitative estimate of drug-likeness (QED) is 0.887. The number of benzene rings is 1. The SMILES string of the molecule is CS(=O)(=O)c1ccc(C(=O)O)c(Cl)c1S(=O)CC#N. The third kappa shape index (κ3) is 3.32. The molecule has 0 heterocycles. The summed E-state index contributed by atoms with van der Waals surface area (Å²) in [6, 6.07) is 3.66. The van der Waals surface area contributed by atoms with Crippen LogP contribution in [0.4, 0.5) is 0 Å². The summed E-state index contributed by atoms with van der Waals surface area (Å²) >= 11 is 5.80. The molecular formula is C10H8ClNO5S2. The number of nitriles is 1. The molecule has 1 atom stereocenters. The summed E-state index contributed by atoms with van der Waals surface area (Å²) in [6.07, 6.45) is 0.881. The number of sulfone groups is 1. The van der Waals surface area contributed by atoms with Crippen molar-refractivity contribution in [3.8, 4) is 6.07 Å². The van der Waals surface area contributed by atoms with Crippen molar-refractivity contribution in [1.82, 2.24) is 0 Å². The molecule has 0 bridgehead atoms. The van der Waals surface area contributed by atoms with E-state index in [0.29, 0.717) is 0 Å². The van der Waals surface area contributed by atoms with Gasteiger partial charge in [0.2, 0.25) is 0 Å². The predicted molar refractivity (Wildman–Crippen MR) is 68.4 cm³/mol. The van der Waals surface area contributed by atoms with E-state index in [9.17, 15) is 17.4 Å². The standard InChI is InChI=1S/C10H8ClNO5S2/c1-19(16,17)7-3-2-6(10(13)14)8(11)9(7)18(15)5-4-12/h2-3H,5H2,1H3,(H,13,14).